The van der Waals surface area contributed by atoms with Gasteiger partial charge in [0.05, 0.1) is 17.5 Å². The Balaban J connectivity index is 1.55. The van der Waals surface area contributed by atoms with Crippen molar-refractivity contribution in [1.82, 2.24) is 15.5 Å². The van der Waals surface area contributed by atoms with Gasteiger partial charge in [0.25, 0.3) is 5.91 Å². The molecule has 1 aromatic rings. The molecule has 36 heavy (non-hydrogen) atoms. The molecule has 2 fully saturated rings. The van der Waals surface area contributed by atoms with Crippen molar-refractivity contribution in [2.24, 2.45) is 0 Å². The highest BCUT2D eigenvalue weighted by Crippen LogP contribution is 2.26. The van der Waals surface area contributed by atoms with Crippen molar-refractivity contribution in [3.8, 4) is 5.75 Å². The van der Waals surface area contributed by atoms with Crippen molar-refractivity contribution >= 4 is 51.0 Å². The van der Waals surface area contributed by atoms with Gasteiger partial charge in [-0.15, -0.1) is 0 Å². The molecule has 1 aliphatic carbocycles. The van der Waals surface area contributed by atoms with E-state index in [2.05, 4.69) is 33.5 Å². The Morgan fingerprint density at radius 2 is 1.97 bits per heavy atom. The van der Waals surface area contributed by atoms with Crippen LogP contribution in [0, 0.1) is 0 Å². The fraction of sp³-hybridized carbons (Fsp3) is 0.615. The van der Waals surface area contributed by atoms with E-state index in [4.69, 9.17) is 21.7 Å². The summed E-state index contributed by atoms with van der Waals surface area (Å²) in [5, 5.41) is 5.59. The number of amides is 2. The van der Waals surface area contributed by atoms with Crippen LogP contribution in [0.3, 0.4) is 0 Å². The summed E-state index contributed by atoms with van der Waals surface area (Å²) < 4.78 is 12.1. The number of nitrogens with one attached hydrogen (secondary N) is 2. The molecular formula is C26H36BrN3O5S. The van der Waals surface area contributed by atoms with E-state index in [1.165, 1.54) is 12.8 Å². The minimum absolute atomic E-state index is 0.0836. The Hall–Kier alpha value is -2.20. The van der Waals surface area contributed by atoms with Gasteiger partial charge in [-0.05, 0) is 78.5 Å². The highest BCUT2D eigenvalue weighted by atomic mass is 79.9. The lowest BCUT2D eigenvalue weighted by molar-refractivity contribution is -0.153. The van der Waals surface area contributed by atoms with Crippen molar-refractivity contribution in [1.29, 1.82) is 0 Å². The number of halogens is 1. The molecule has 198 valence electrons. The van der Waals surface area contributed by atoms with Crippen LogP contribution in [-0.2, 0) is 14.3 Å². The van der Waals surface area contributed by atoms with Gasteiger partial charge in [-0.1, -0.05) is 32.6 Å². The van der Waals surface area contributed by atoms with E-state index in [-0.39, 0.29) is 23.5 Å². The maximum atomic E-state index is 12.9. The number of thiocarbonyl (C=S) groups is 1. The predicted octanol–water partition coefficient (Wildman–Crippen LogP) is 4.49. The normalized spacial score (nSPS) is 18.3. The summed E-state index contributed by atoms with van der Waals surface area (Å²) in [5.74, 6) is -0.446. The number of unbranched alkanes of at least 4 members (excludes halogenated alkanes) is 3. The van der Waals surface area contributed by atoms with Gasteiger partial charge in [-0.2, -0.15) is 0 Å². The first-order chi connectivity index (χ1) is 17.4. The zero-order valence-electron chi connectivity index (χ0n) is 20.9. The summed E-state index contributed by atoms with van der Waals surface area (Å²) in [6, 6.07) is 4.28. The largest absolute Gasteiger partial charge is 0.492 e. The van der Waals surface area contributed by atoms with E-state index in [1.54, 1.807) is 23.1 Å². The van der Waals surface area contributed by atoms with Crippen LogP contribution in [0.5, 0.6) is 5.75 Å². The molecule has 1 heterocycles. The number of piperazine rings is 1. The maximum absolute atomic E-state index is 12.9. The predicted molar refractivity (Wildman–Crippen MR) is 145 cm³/mol. The number of benzene rings is 1. The van der Waals surface area contributed by atoms with Gasteiger partial charge >= 0.3 is 5.97 Å². The van der Waals surface area contributed by atoms with Crippen molar-refractivity contribution in [3.05, 3.63) is 28.2 Å². The highest BCUT2D eigenvalue weighted by Gasteiger charge is 2.35. The van der Waals surface area contributed by atoms with Crippen LogP contribution in [0.2, 0.25) is 0 Å². The summed E-state index contributed by atoms with van der Waals surface area (Å²) in [6.45, 7) is 3.55. The second-order valence-electron chi connectivity index (χ2n) is 9.27. The molecular weight excluding hydrogens is 546 g/mol. The summed E-state index contributed by atoms with van der Waals surface area (Å²) in [5.41, 5.74) is 0.400. The molecule has 8 nitrogen and oxygen atoms in total. The standard InChI is InChI=1S/C26H36BrN3O5S/c1-2-3-4-8-15-34-22-12-11-18(16-20(22)27)24(32)29-26(36)30-14-13-28-25(33)21(30)17-23(31)35-19-9-6-5-7-10-19/h11-12,16,19,21H,2-10,13-15,17H2,1H3,(H,28,33)(H,29,32,36). The smallest absolute Gasteiger partial charge is 0.308 e. The minimum atomic E-state index is -0.821. The van der Waals surface area contributed by atoms with E-state index >= 15 is 0 Å². The van der Waals surface area contributed by atoms with Crippen LogP contribution < -0.4 is 15.4 Å². The van der Waals surface area contributed by atoms with Crippen LogP contribution in [0.4, 0.5) is 0 Å². The van der Waals surface area contributed by atoms with Gasteiger partial charge in [0.1, 0.15) is 17.9 Å². The van der Waals surface area contributed by atoms with E-state index < -0.39 is 17.9 Å². The lowest BCUT2D eigenvalue weighted by Gasteiger charge is -2.36. The average Bonchev–Trinajstić information content (AvgIpc) is 2.86. The number of nitrogens with zero attached hydrogens (tertiary/aromatic N) is 1. The molecule has 0 radical (unpaired) electrons. The fourth-order valence-electron chi connectivity index (χ4n) is 4.45. The maximum Gasteiger partial charge on any atom is 0.308 e. The molecule has 1 unspecified atom stereocenters. The second-order valence-corrected chi connectivity index (χ2v) is 10.5. The van der Waals surface area contributed by atoms with Gasteiger partial charge < -0.3 is 19.7 Å². The summed E-state index contributed by atoms with van der Waals surface area (Å²) in [7, 11) is 0. The number of carbonyl (C=O) groups is 3. The fourth-order valence-corrected chi connectivity index (χ4v) is 5.25. The molecule has 1 saturated carbocycles. The van der Waals surface area contributed by atoms with Gasteiger partial charge in [0, 0.05) is 18.7 Å². The van der Waals surface area contributed by atoms with E-state index in [0.717, 1.165) is 44.9 Å². The van der Waals surface area contributed by atoms with Crippen LogP contribution in [-0.4, -0.2) is 59.6 Å². The number of ether oxygens (including phenoxy) is 2. The van der Waals surface area contributed by atoms with E-state index in [0.29, 0.717) is 35.5 Å². The quantitative estimate of drug-likeness (QED) is 0.239. The van der Waals surface area contributed by atoms with Crippen LogP contribution in [0.25, 0.3) is 0 Å². The van der Waals surface area contributed by atoms with Crippen molar-refractivity contribution in [2.75, 3.05) is 19.7 Å². The Morgan fingerprint density at radius 1 is 1.19 bits per heavy atom. The summed E-state index contributed by atoms with van der Waals surface area (Å²) >= 11 is 8.94. The Bertz CT molecular complexity index is 938. The molecule has 2 amide bonds. The summed E-state index contributed by atoms with van der Waals surface area (Å²) in [6.07, 6.45) is 9.24. The average molecular weight is 583 g/mol. The number of rotatable bonds is 10. The zero-order chi connectivity index (χ0) is 25.9. The molecule has 0 bridgehead atoms. The van der Waals surface area contributed by atoms with E-state index in [1.807, 2.05) is 0 Å². The molecule has 2 N–H and O–H groups in total. The van der Waals surface area contributed by atoms with Gasteiger partial charge in [0.2, 0.25) is 5.91 Å². The number of carbonyl (C=O) groups excluding carboxylic acids is 3. The Kier molecular flexibility index (Phi) is 11.4. The van der Waals surface area contributed by atoms with Crippen molar-refractivity contribution < 1.29 is 23.9 Å². The Morgan fingerprint density at radius 3 is 2.69 bits per heavy atom. The third kappa shape index (κ3) is 8.44. The first kappa shape index (κ1) is 28.4. The lowest BCUT2D eigenvalue weighted by Crippen LogP contribution is -2.60. The number of esters is 1. The second kappa shape index (κ2) is 14.5. The first-order valence-corrected chi connectivity index (χ1v) is 14.1. The van der Waals surface area contributed by atoms with Gasteiger partial charge in [-0.3, -0.25) is 19.7 Å². The molecule has 0 aromatic heterocycles. The molecule has 2 aliphatic rings. The molecule has 1 aliphatic heterocycles. The topological polar surface area (TPSA) is 97.0 Å². The third-order valence-electron chi connectivity index (χ3n) is 6.47. The van der Waals surface area contributed by atoms with Crippen molar-refractivity contribution in [3.63, 3.8) is 0 Å². The van der Waals surface area contributed by atoms with E-state index in [9.17, 15) is 14.4 Å². The first-order valence-electron chi connectivity index (χ1n) is 12.9. The van der Waals surface area contributed by atoms with Crippen LogP contribution in [0.1, 0.15) is 81.5 Å². The molecule has 1 saturated heterocycles. The molecule has 1 atom stereocenters. The molecule has 3 rings (SSSR count). The van der Waals surface area contributed by atoms with Gasteiger partial charge in [-0.25, -0.2) is 0 Å². The number of hydrogen-bond acceptors (Lipinski definition) is 6. The van der Waals surface area contributed by atoms with Crippen LogP contribution >= 0.6 is 28.1 Å². The monoisotopic (exact) mass is 581 g/mol. The zero-order valence-corrected chi connectivity index (χ0v) is 23.3. The minimum Gasteiger partial charge on any atom is -0.492 e. The highest BCUT2D eigenvalue weighted by molar-refractivity contribution is 9.10. The lowest BCUT2D eigenvalue weighted by atomic mass is 9.98. The molecule has 10 heteroatoms. The van der Waals surface area contributed by atoms with Crippen LogP contribution in [0.15, 0.2) is 22.7 Å². The SMILES string of the molecule is CCCCCCOc1ccc(C(=O)NC(=S)N2CCNC(=O)C2CC(=O)OC2CCCCC2)cc1Br. The van der Waals surface area contributed by atoms with Gasteiger partial charge in [0.15, 0.2) is 5.11 Å². The Labute approximate surface area is 227 Å². The molecule has 0 spiro atoms. The summed E-state index contributed by atoms with van der Waals surface area (Å²) in [4.78, 5) is 39.6. The number of hydrogen-bond donors (Lipinski definition) is 2. The molecule has 1 aromatic carbocycles. The third-order valence-corrected chi connectivity index (χ3v) is 7.43. The van der Waals surface area contributed by atoms with Crippen molar-refractivity contribution in [2.45, 2.75) is 83.3 Å².